The van der Waals surface area contributed by atoms with Gasteiger partial charge in [-0.2, -0.15) is 4.39 Å². The molecule has 0 aliphatic heterocycles. The number of phenolic OH excluding ortho intramolecular Hbond substituents is 1. The van der Waals surface area contributed by atoms with Gasteiger partial charge in [0, 0.05) is 12.1 Å². The van der Waals surface area contributed by atoms with Gasteiger partial charge in [-0.25, -0.2) is 9.37 Å². The van der Waals surface area contributed by atoms with Crippen molar-refractivity contribution in [3.63, 3.8) is 0 Å². The average molecular weight is 236 g/mol. The van der Waals surface area contributed by atoms with E-state index in [4.69, 9.17) is 0 Å². The molecule has 0 aliphatic rings. The lowest BCUT2D eigenvalue weighted by atomic mass is 10.2. The van der Waals surface area contributed by atoms with Crippen molar-refractivity contribution in [1.82, 2.24) is 4.98 Å². The number of phenols is 1. The number of hydrogen-bond donors (Lipinski definition) is 2. The molecular formula is C12H10F2N2O. The second kappa shape index (κ2) is 4.78. The number of para-hydroxylation sites is 1. The van der Waals surface area contributed by atoms with Crippen molar-refractivity contribution < 1.29 is 13.9 Å². The Morgan fingerprint density at radius 2 is 2.00 bits per heavy atom. The summed E-state index contributed by atoms with van der Waals surface area (Å²) >= 11 is 0. The highest BCUT2D eigenvalue weighted by Gasteiger charge is 2.05. The van der Waals surface area contributed by atoms with E-state index < -0.39 is 11.8 Å². The summed E-state index contributed by atoms with van der Waals surface area (Å²) in [7, 11) is 0. The average Bonchev–Trinajstić information content (AvgIpc) is 2.33. The van der Waals surface area contributed by atoms with Crippen molar-refractivity contribution in [1.29, 1.82) is 0 Å². The maximum atomic E-state index is 13.0. The first-order valence-electron chi connectivity index (χ1n) is 4.98. The molecule has 17 heavy (non-hydrogen) atoms. The van der Waals surface area contributed by atoms with Crippen LogP contribution in [-0.2, 0) is 6.54 Å². The minimum atomic E-state index is -0.665. The molecule has 0 amide bonds. The number of benzene rings is 1. The SMILES string of the molecule is Oc1c(F)cccc1CNc1ccc(F)nc1. The van der Waals surface area contributed by atoms with Gasteiger partial charge in [0.2, 0.25) is 5.95 Å². The monoisotopic (exact) mass is 236 g/mol. The van der Waals surface area contributed by atoms with Crippen LogP contribution in [0.1, 0.15) is 5.56 Å². The molecule has 0 radical (unpaired) electrons. The van der Waals surface area contributed by atoms with Crippen molar-refractivity contribution in [2.75, 3.05) is 5.32 Å². The smallest absolute Gasteiger partial charge is 0.212 e. The second-order valence-corrected chi connectivity index (χ2v) is 3.47. The molecule has 0 saturated heterocycles. The lowest BCUT2D eigenvalue weighted by Gasteiger charge is -2.08. The molecule has 1 heterocycles. The Morgan fingerprint density at radius 1 is 1.18 bits per heavy atom. The fourth-order valence-electron chi connectivity index (χ4n) is 1.38. The molecule has 0 unspecified atom stereocenters. The highest BCUT2D eigenvalue weighted by molar-refractivity contribution is 5.43. The van der Waals surface area contributed by atoms with Gasteiger partial charge < -0.3 is 10.4 Å². The minimum absolute atomic E-state index is 0.233. The fourth-order valence-corrected chi connectivity index (χ4v) is 1.38. The van der Waals surface area contributed by atoms with E-state index in [0.29, 0.717) is 11.3 Å². The number of pyridine rings is 1. The molecular weight excluding hydrogens is 226 g/mol. The summed E-state index contributed by atoms with van der Waals surface area (Å²) in [5.41, 5.74) is 1.02. The summed E-state index contributed by atoms with van der Waals surface area (Å²) in [5, 5.41) is 12.3. The summed E-state index contributed by atoms with van der Waals surface area (Å²) in [4.78, 5) is 3.47. The zero-order valence-electron chi connectivity index (χ0n) is 8.82. The third-order valence-corrected chi connectivity index (χ3v) is 2.28. The predicted octanol–water partition coefficient (Wildman–Crippen LogP) is 2.68. The van der Waals surface area contributed by atoms with Crippen molar-refractivity contribution in [2.24, 2.45) is 0 Å². The number of rotatable bonds is 3. The molecule has 88 valence electrons. The van der Waals surface area contributed by atoms with Crippen molar-refractivity contribution >= 4 is 5.69 Å². The van der Waals surface area contributed by atoms with Crippen LogP contribution in [0, 0.1) is 11.8 Å². The molecule has 0 atom stereocenters. The highest BCUT2D eigenvalue weighted by Crippen LogP contribution is 2.21. The Kier molecular flexibility index (Phi) is 3.18. The van der Waals surface area contributed by atoms with E-state index in [1.807, 2.05) is 0 Å². The van der Waals surface area contributed by atoms with Gasteiger partial charge in [-0.05, 0) is 18.2 Å². The molecule has 0 fully saturated rings. The molecule has 2 N–H and O–H groups in total. The summed E-state index contributed by atoms with van der Waals surface area (Å²) in [6.45, 7) is 0.233. The number of aromatic hydroxyl groups is 1. The third kappa shape index (κ3) is 2.69. The van der Waals surface area contributed by atoms with E-state index in [2.05, 4.69) is 10.3 Å². The minimum Gasteiger partial charge on any atom is -0.505 e. The van der Waals surface area contributed by atoms with Gasteiger partial charge >= 0.3 is 0 Å². The van der Waals surface area contributed by atoms with Crippen molar-refractivity contribution in [3.05, 3.63) is 53.9 Å². The van der Waals surface area contributed by atoms with Gasteiger partial charge in [0.25, 0.3) is 0 Å². The Labute approximate surface area is 96.7 Å². The first-order chi connectivity index (χ1) is 8.16. The third-order valence-electron chi connectivity index (χ3n) is 2.28. The van der Waals surface area contributed by atoms with Gasteiger partial charge in [0.15, 0.2) is 11.6 Å². The van der Waals surface area contributed by atoms with Crippen LogP contribution >= 0.6 is 0 Å². The molecule has 5 heteroatoms. The van der Waals surface area contributed by atoms with E-state index >= 15 is 0 Å². The quantitative estimate of drug-likeness (QED) is 0.805. The summed E-state index contributed by atoms with van der Waals surface area (Å²) < 4.78 is 25.6. The van der Waals surface area contributed by atoms with Gasteiger partial charge in [-0.3, -0.25) is 0 Å². The highest BCUT2D eigenvalue weighted by atomic mass is 19.1. The lowest BCUT2D eigenvalue weighted by molar-refractivity contribution is 0.427. The van der Waals surface area contributed by atoms with E-state index in [-0.39, 0.29) is 12.3 Å². The van der Waals surface area contributed by atoms with Gasteiger partial charge in [0.05, 0.1) is 11.9 Å². The van der Waals surface area contributed by atoms with Crippen molar-refractivity contribution in [3.8, 4) is 5.75 Å². The summed E-state index contributed by atoms with van der Waals surface area (Å²) in [6.07, 6.45) is 1.33. The fraction of sp³-hybridized carbons (Fsp3) is 0.0833. The Hall–Kier alpha value is -2.17. The number of nitrogens with zero attached hydrogens (tertiary/aromatic N) is 1. The first-order valence-corrected chi connectivity index (χ1v) is 4.98. The predicted molar refractivity (Wildman–Crippen MR) is 59.6 cm³/mol. The van der Waals surface area contributed by atoms with Crippen LogP contribution in [0.2, 0.25) is 0 Å². The number of nitrogens with one attached hydrogen (secondary N) is 1. The molecule has 1 aromatic heterocycles. The summed E-state index contributed by atoms with van der Waals surface area (Å²) in [5.74, 6) is -1.61. The van der Waals surface area contributed by atoms with Crippen LogP contribution in [0.15, 0.2) is 36.5 Å². The Morgan fingerprint density at radius 3 is 2.71 bits per heavy atom. The van der Waals surface area contributed by atoms with Gasteiger partial charge in [-0.15, -0.1) is 0 Å². The number of halogens is 2. The maximum Gasteiger partial charge on any atom is 0.212 e. The van der Waals surface area contributed by atoms with E-state index in [1.54, 1.807) is 6.07 Å². The largest absolute Gasteiger partial charge is 0.505 e. The Bertz CT molecular complexity index is 514. The van der Waals surface area contributed by atoms with Gasteiger partial charge in [-0.1, -0.05) is 12.1 Å². The van der Waals surface area contributed by atoms with E-state index in [9.17, 15) is 13.9 Å². The number of aromatic nitrogens is 1. The lowest BCUT2D eigenvalue weighted by Crippen LogP contribution is -2.01. The molecule has 0 aliphatic carbocycles. The van der Waals surface area contributed by atoms with Gasteiger partial charge in [0.1, 0.15) is 0 Å². The molecule has 0 spiro atoms. The Balaban J connectivity index is 2.07. The molecule has 1 aromatic carbocycles. The number of hydrogen-bond acceptors (Lipinski definition) is 3. The molecule has 0 saturated carbocycles. The zero-order valence-corrected chi connectivity index (χ0v) is 8.82. The number of anilines is 1. The normalized spacial score (nSPS) is 10.2. The standard InChI is InChI=1S/C12H10F2N2O/c13-10-3-1-2-8(12(10)17)6-15-9-4-5-11(14)16-7-9/h1-5,7,15,17H,6H2. The van der Waals surface area contributed by atoms with Crippen LogP contribution < -0.4 is 5.32 Å². The van der Waals surface area contributed by atoms with Crippen molar-refractivity contribution in [2.45, 2.75) is 6.54 Å². The van der Waals surface area contributed by atoms with E-state index in [1.165, 1.54) is 30.5 Å². The van der Waals surface area contributed by atoms with Crippen LogP contribution in [0.25, 0.3) is 0 Å². The van der Waals surface area contributed by atoms with Crippen LogP contribution in [0.4, 0.5) is 14.5 Å². The topological polar surface area (TPSA) is 45.1 Å². The molecule has 3 nitrogen and oxygen atoms in total. The second-order valence-electron chi connectivity index (χ2n) is 3.47. The van der Waals surface area contributed by atoms with Crippen LogP contribution in [-0.4, -0.2) is 10.1 Å². The van der Waals surface area contributed by atoms with Crippen LogP contribution in [0.5, 0.6) is 5.75 Å². The molecule has 2 aromatic rings. The van der Waals surface area contributed by atoms with Crippen LogP contribution in [0.3, 0.4) is 0 Å². The maximum absolute atomic E-state index is 13.0. The molecule has 2 rings (SSSR count). The first kappa shape index (κ1) is 11.3. The summed E-state index contributed by atoms with van der Waals surface area (Å²) in [6, 6.07) is 7.02. The van der Waals surface area contributed by atoms with E-state index in [0.717, 1.165) is 0 Å². The molecule has 0 bridgehead atoms. The zero-order chi connectivity index (χ0) is 12.3.